The quantitative estimate of drug-likeness (QED) is 0.418. The third-order valence-corrected chi connectivity index (χ3v) is 3.10. The van der Waals surface area contributed by atoms with Crippen LogP contribution in [0.5, 0.6) is 0 Å². The molecule has 0 N–H and O–H groups in total. The molecule has 0 saturated heterocycles. The zero-order chi connectivity index (χ0) is 12.3. The second-order valence-corrected chi connectivity index (χ2v) is 4.98. The predicted molar refractivity (Wildman–Crippen MR) is 64.4 cm³/mol. The Morgan fingerprint density at radius 1 is 1.06 bits per heavy atom. The van der Waals surface area contributed by atoms with Crippen molar-refractivity contribution in [2.45, 2.75) is 44.9 Å². The minimum absolute atomic E-state index is 0.211. The Morgan fingerprint density at radius 2 is 1.62 bits per heavy atom. The van der Waals surface area contributed by atoms with E-state index in [1.807, 2.05) is 6.08 Å². The van der Waals surface area contributed by atoms with Crippen molar-refractivity contribution in [2.75, 3.05) is 13.7 Å². The highest BCUT2D eigenvalue weighted by molar-refractivity contribution is 7.81. The molecule has 0 rings (SSSR count). The van der Waals surface area contributed by atoms with E-state index in [1.165, 1.54) is 19.3 Å². The summed E-state index contributed by atoms with van der Waals surface area (Å²) in [4.78, 5) is 0. The molecule has 0 fully saturated rings. The standard InChI is InChI=1S/C11H22O4S/c1-3-4-5-6-7-8-9-10-11-15-16(12,13)14-2/h3H,1,4-11H2,2H3. The number of hydrogen-bond acceptors (Lipinski definition) is 4. The van der Waals surface area contributed by atoms with E-state index in [-0.39, 0.29) is 6.61 Å². The lowest BCUT2D eigenvalue weighted by Gasteiger charge is -2.02. The molecule has 96 valence electrons. The minimum Gasteiger partial charge on any atom is -0.252 e. The molecule has 0 aromatic heterocycles. The Morgan fingerprint density at radius 3 is 2.19 bits per heavy atom. The lowest BCUT2D eigenvalue weighted by Crippen LogP contribution is -2.08. The van der Waals surface area contributed by atoms with Crippen molar-refractivity contribution in [2.24, 2.45) is 0 Å². The topological polar surface area (TPSA) is 52.6 Å². The van der Waals surface area contributed by atoms with Crippen LogP contribution < -0.4 is 0 Å². The number of allylic oxidation sites excluding steroid dienone is 1. The monoisotopic (exact) mass is 250 g/mol. The number of unbranched alkanes of at least 4 members (excludes halogenated alkanes) is 6. The van der Waals surface area contributed by atoms with Gasteiger partial charge in [-0.25, -0.2) is 4.18 Å². The molecule has 0 aliphatic heterocycles. The van der Waals surface area contributed by atoms with Crippen LogP contribution in [0.4, 0.5) is 0 Å². The van der Waals surface area contributed by atoms with Gasteiger partial charge in [-0.3, -0.25) is 4.18 Å². The summed E-state index contributed by atoms with van der Waals surface area (Å²) in [5.41, 5.74) is 0. The third-order valence-electron chi connectivity index (χ3n) is 2.23. The summed E-state index contributed by atoms with van der Waals surface area (Å²) in [6, 6.07) is 0. The summed E-state index contributed by atoms with van der Waals surface area (Å²) >= 11 is 0. The van der Waals surface area contributed by atoms with Crippen LogP contribution in [0, 0.1) is 0 Å². The Kier molecular flexibility index (Phi) is 9.57. The summed E-state index contributed by atoms with van der Waals surface area (Å²) in [5, 5.41) is 0. The summed E-state index contributed by atoms with van der Waals surface area (Å²) in [6.45, 7) is 3.88. The van der Waals surface area contributed by atoms with Crippen molar-refractivity contribution in [3.63, 3.8) is 0 Å². The highest BCUT2D eigenvalue weighted by Crippen LogP contribution is 2.08. The molecule has 0 spiro atoms. The fourth-order valence-corrected chi connectivity index (χ4v) is 1.73. The average molecular weight is 250 g/mol. The average Bonchev–Trinajstić information content (AvgIpc) is 2.27. The molecule has 0 aliphatic carbocycles. The summed E-state index contributed by atoms with van der Waals surface area (Å²) in [5.74, 6) is 0. The normalized spacial score (nSPS) is 11.6. The molecule has 0 atom stereocenters. The van der Waals surface area contributed by atoms with E-state index in [9.17, 15) is 8.42 Å². The molecule has 0 radical (unpaired) electrons. The predicted octanol–water partition coefficient (Wildman–Crippen LogP) is 2.81. The first-order valence-corrected chi connectivity index (χ1v) is 7.01. The van der Waals surface area contributed by atoms with Crippen molar-refractivity contribution >= 4 is 10.4 Å². The molecule has 5 heteroatoms. The van der Waals surface area contributed by atoms with Gasteiger partial charge in [0.05, 0.1) is 13.7 Å². The van der Waals surface area contributed by atoms with E-state index in [0.717, 1.165) is 32.8 Å². The molecule has 0 unspecified atom stereocenters. The van der Waals surface area contributed by atoms with Crippen molar-refractivity contribution in [1.82, 2.24) is 0 Å². The SMILES string of the molecule is C=CCCCCCCCCOS(=O)(=O)OC. The van der Waals surface area contributed by atoms with Crippen molar-refractivity contribution in [3.8, 4) is 0 Å². The molecule has 0 aliphatic rings. The fraction of sp³-hybridized carbons (Fsp3) is 0.818. The molecule has 0 saturated carbocycles. The molecule has 0 aromatic rings. The number of hydrogen-bond donors (Lipinski definition) is 0. The van der Waals surface area contributed by atoms with E-state index < -0.39 is 10.4 Å². The van der Waals surface area contributed by atoms with Gasteiger partial charge in [0.15, 0.2) is 0 Å². The Labute approximate surface area is 99.0 Å². The van der Waals surface area contributed by atoms with Gasteiger partial charge >= 0.3 is 10.4 Å². The Hall–Kier alpha value is -0.390. The molecule has 0 heterocycles. The molecular weight excluding hydrogens is 228 g/mol. The van der Waals surface area contributed by atoms with Crippen LogP contribution in [0.1, 0.15) is 44.9 Å². The second-order valence-electron chi connectivity index (χ2n) is 3.60. The highest BCUT2D eigenvalue weighted by Gasteiger charge is 2.07. The van der Waals surface area contributed by atoms with Gasteiger partial charge in [-0.2, -0.15) is 8.42 Å². The first kappa shape index (κ1) is 15.6. The van der Waals surface area contributed by atoms with E-state index in [2.05, 4.69) is 14.9 Å². The highest BCUT2D eigenvalue weighted by atomic mass is 32.3. The molecule has 0 bridgehead atoms. The lowest BCUT2D eigenvalue weighted by atomic mass is 10.1. The van der Waals surface area contributed by atoms with Crippen LogP contribution in [0.3, 0.4) is 0 Å². The Bertz CT molecular complexity index is 259. The van der Waals surface area contributed by atoms with Gasteiger partial charge in [0, 0.05) is 0 Å². The van der Waals surface area contributed by atoms with Crippen molar-refractivity contribution < 1.29 is 16.8 Å². The van der Waals surface area contributed by atoms with Gasteiger partial charge in [0.1, 0.15) is 0 Å². The second kappa shape index (κ2) is 9.81. The van der Waals surface area contributed by atoms with Gasteiger partial charge in [-0.1, -0.05) is 31.8 Å². The van der Waals surface area contributed by atoms with Crippen molar-refractivity contribution in [1.29, 1.82) is 0 Å². The molecule has 16 heavy (non-hydrogen) atoms. The van der Waals surface area contributed by atoms with E-state index in [1.54, 1.807) is 0 Å². The van der Waals surface area contributed by atoms with Gasteiger partial charge in [0.2, 0.25) is 0 Å². The van der Waals surface area contributed by atoms with Crippen LogP contribution in [0.15, 0.2) is 12.7 Å². The molecular formula is C11H22O4S. The summed E-state index contributed by atoms with van der Waals surface area (Å²) in [7, 11) is -2.64. The first-order valence-electron chi connectivity index (χ1n) is 5.68. The first-order chi connectivity index (χ1) is 7.62. The third kappa shape index (κ3) is 10.1. The van der Waals surface area contributed by atoms with Crippen molar-refractivity contribution in [3.05, 3.63) is 12.7 Å². The van der Waals surface area contributed by atoms with Crippen LogP contribution in [-0.2, 0) is 18.8 Å². The maximum absolute atomic E-state index is 10.8. The molecule has 0 amide bonds. The fourth-order valence-electron chi connectivity index (χ4n) is 1.31. The number of rotatable bonds is 11. The maximum atomic E-state index is 10.8. The van der Waals surface area contributed by atoms with E-state index >= 15 is 0 Å². The van der Waals surface area contributed by atoms with E-state index in [4.69, 9.17) is 0 Å². The maximum Gasteiger partial charge on any atom is 0.399 e. The Balaban J connectivity index is 3.19. The van der Waals surface area contributed by atoms with E-state index in [0.29, 0.717) is 0 Å². The molecule has 4 nitrogen and oxygen atoms in total. The van der Waals surface area contributed by atoms with Gasteiger partial charge in [0.25, 0.3) is 0 Å². The lowest BCUT2D eigenvalue weighted by molar-refractivity contribution is 0.238. The summed E-state index contributed by atoms with van der Waals surface area (Å²) < 4.78 is 30.2. The summed E-state index contributed by atoms with van der Waals surface area (Å²) in [6.07, 6.45) is 9.47. The van der Waals surface area contributed by atoms with Gasteiger partial charge in [-0.05, 0) is 19.3 Å². The van der Waals surface area contributed by atoms with Gasteiger partial charge in [-0.15, -0.1) is 6.58 Å². The van der Waals surface area contributed by atoms with Crippen LogP contribution in [-0.4, -0.2) is 22.1 Å². The largest absolute Gasteiger partial charge is 0.399 e. The van der Waals surface area contributed by atoms with Gasteiger partial charge < -0.3 is 0 Å². The van der Waals surface area contributed by atoms with Crippen LogP contribution >= 0.6 is 0 Å². The zero-order valence-corrected chi connectivity index (χ0v) is 10.8. The van der Waals surface area contributed by atoms with Crippen LogP contribution in [0.2, 0.25) is 0 Å². The smallest absolute Gasteiger partial charge is 0.252 e. The minimum atomic E-state index is -3.74. The zero-order valence-electron chi connectivity index (χ0n) is 9.98. The molecule has 0 aromatic carbocycles. The van der Waals surface area contributed by atoms with Crippen LogP contribution in [0.25, 0.3) is 0 Å².